The largest absolute Gasteiger partial charge is 0.461 e. The molecule has 11 heteroatoms. The molecule has 3 fully saturated rings. The summed E-state index contributed by atoms with van der Waals surface area (Å²) in [4.78, 5) is 45.1. The molecule has 40 heavy (non-hydrogen) atoms. The van der Waals surface area contributed by atoms with Crippen molar-refractivity contribution < 1.29 is 29.0 Å². The number of aliphatic hydroxyl groups excluding tert-OH is 1. The fourth-order valence-corrected chi connectivity index (χ4v) is 6.83. The van der Waals surface area contributed by atoms with E-state index in [2.05, 4.69) is 23.5 Å². The van der Waals surface area contributed by atoms with Crippen molar-refractivity contribution in [3.63, 3.8) is 0 Å². The van der Waals surface area contributed by atoms with E-state index in [1.54, 1.807) is 20.6 Å². The van der Waals surface area contributed by atoms with Gasteiger partial charge in [0.05, 0.1) is 17.0 Å². The number of hydrogen-bond donors (Lipinski definition) is 1. The smallest absolute Gasteiger partial charge is 0.313 e. The summed E-state index contributed by atoms with van der Waals surface area (Å²) in [5.74, 6) is -2.71. The van der Waals surface area contributed by atoms with Crippen molar-refractivity contribution >= 4 is 28.8 Å². The van der Waals surface area contributed by atoms with E-state index in [0.29, 0.717) is 44.2 Å². The number of likely N-dealkylation sites (tertiary alicyclic amines) is 1. The summed E-state index contributed by atoms with van der Waals surface area (Å²) in [6, 6.07) is 6.56. The summed E-state index contributed by atoms with van der Waals surface area (Å²) in [5, 5.41) is 17.7. The second-order valence-electron chi connectivity index (χ2n) is 11.0. The maximum Gasteiger partial charge on any atom is 0.313 e. The molecular weight excluding hydrogens is 514 g/mol. The molecule has 5 rings (SSSR count). The standard InChI is InChI=1S/C29H37N5O6/c1-4-15-32(19-34-21-12-8-7-11-20(21)30-31-34)26(37)24-29-14-13-28(3,40-29)23(27(38)39-18-5-2)22(29)25(36)33(24)16-9-6-10-17-35/h4-5,7-8,11-12,22-24,35H,1-2,6,9-10,13-19H2,3H3/t22-,23+,24?,28-,29?/m0/s1. The Morgan fingerprint density at radius 1 is 1.23 bits per heavy atom. The second-order valence-corrected chi connectivity index (χ2v) is 11.0. The van der Waals surface area contributed by atoms with Crippen LogP contribution in [-0.4, -0.2) is 91.2 Å². The number of carbonyl (C=O) groups excluding carboxylic acids is 3. The highest BCUT2D eigenvalue weighted by atomic mass is 16.6. The number of benzene rings is 1. The first-order chi connectivity index (χ1) is 19.3. The SMILES string of the molecule is C=CCOC(=O)[C@H]1[C@H]2C(=O)N(CCCCCO)C(C(=O)N(CC=C)Cn3nnc4ccccc43)C23CC[C@]1(C)O3. The highest BCUT2D eigenvalue weighted by molar-refractivity contribution is 5.98. The number of para-hydroxylation sites is 1. The van der Waals surface area contributed by atoms with Crippen LogP contribution in [0.2, 0.25) is 0 Å². The topological polar surface area (TPSA) is 127 Å². The average Bonchev–Trinajstić information content (AvgIpc) is 3.65. The molecule has 5 atom stereocenters. The number of aliphatic hydroxyl groups is 1. The van der Waals surface area contributed by atoms with Crippen LogP contribution in [0.15, 0.2) is 49.6 Å². The number of fused-ring (bicyclic) bond motifs is 2. The third-order valence-electron chi connectivity index (χ3n) is 8.55. The molecule has 3 saturated heterocycles. The van der Waals surface area contributed by atoms with Gasteiger partial charge in [-0.2, -0.15) is 0 Å². The van der Waals surface area contributed by atoms with Gasteiger partial charge in [0, 0.05) is 19.7 Å². The molecule has 1 spiro atoms. The lowest BCUT2D eigenvalue weighted by atomic mass is 9.66. The lowest BCUT2D eigenvalue weighted by Gasteiger charge is -2.36. The lowest BCUT2D eigenvalue weighted by Crippen LogP contribution is -2.56. The minimum Gasteiger partial charge on any atom is -0.461 e. The third kappa shape index (κ3) is 4.50. The van der Waals surface area contributed by atoms with Crippen LogP contribution in [0.1, 0.15) is 39.0 Å². The predicted octanol–water partition coefficient (Wildman–Crippen LogP) is 2.06. The minimum atomic E-state index is -1.15. The molecule has 2 amide bonds. The molecule has 2 unspecified atom stereocenters. The van der Waals surface area contributed by atoms with Gasteiger partial charge in [-0.25, -0.2) is 4.68 Å². The summed E-state index contributed by atoms with van der Waals surface area (Å²) in [6.07, 6.45) is 6.03. The number of nitrogens with zero attached hydrogens (tertiary/aromatic N) is 5. The van der Waals surface area contributed by atoms with E-state index < -0.39 is 35.0 Å². The Hall–Kier alpha value is -3.57. The quantitative estimate of drug-likeness (QED) is 0.228. The van der Waals surface area contributed by atoms with E-state index in [1.165, 1.54) is 6.08 Å². The second kappa shape index (κ2) is 11.1. The van der Waals surface area contributed by atoms with Crippen LogP contribution >= 0.6 is 0 Å². The zero-order chi connectivity index (χ0) is 28.5. The molecule has 1 aromatic heterocycles. The third-order valence-corrected chi connectivity index (χ3v) is 8.55. The number of ether oxygens (including phenoxy) is 2. The van der Waals surface area contributed by atoms with Crippen molar-refractivity contribution in [1.29, 1.82) is 0 Å². The van der Waals surface area contributed by atoms with Crippen molar-refractivity contribution in [2.75, 3.05) is 26.3 Å². The average molecular weight is 552 g/mol. The number of hydrogen-bond acceptors (Lipinski definition) is 8. The van der Waals surface area contributed by atoms with Gasteiger partial charge >= 0.3 is 5.97 Å². The van der Waals surface area contributed by atoms with Crippen LogP contribution in [0, 0.1) is 11.8 Å². The monoisotopic (exact) mass is 551 g/mol. The predicted molar refractivity (Wildman–Crippen MR) is 145 cm³/mol. The van der Waals surface area contributed by atoms with Gasteiger partial charge in [-0.3, -0.25) is 14.4 Å². The van der Waals surface area contributed by atoms with Crippen LogP contribution < -0.4 is 0 Å². The lowest BCUT2D eigenvalue weighted by molar-refractivity contribution is -0.159. The molecule has 214 valence electrons. The molecule has 0 aliphatic carbocycles. The molecule has 4 heterocycles. The van der Waals surface area contributed by atoms with Crippen LogP contribution in [0.5, 0.6) is 0 Å². The summed E-state index contributed by atoms with van der Waals surface area (Å²) in [6.45, 7) is 10.0. The van der Waals surface area contributed by atoms with Gasteiger partial charge in [0.15, 0.2) is 0 Å². The number of unbranched alkanes of at least 4 members (excludes halogenated alkanes) is 2. The van der Waals surface area contributed by atoms with Crippen molar-refractivity contribution in [3.05, 3.63) is 49.6 Å². The molecular formula is C29H37N5O6. The van der Waals surface area contributed by atoms with Crippen LogP contribution in [0.4, 0.5) is 0 Å². The summed E-state index contributed by atoms with van der Waals surface area (Å²) in [5.41, 5.74) is -0.577. The number of esters is 1. The first-order valence-corrected chi connectivity index (χ1v) is 13.9. The van der Waals surface area contributed by atoms with E-state index in [-0.39, 0.29) is 38.2 Å². The highest BCUT2D eigenvalue weighted by Gasteiger charge is 2.78. The Balaban J connectivity index is 1.51. The molecule has 0 saturated carbocycles. The minimum absolute atomic E-state index is 0.0333. The molecule has 3 aliphatic rings. The van der Waals surface area contributed by atoms with Crippen molar-refractivity contribution in [3.8, 4) is 0 Å². The Labute approximate surface area is 233 Å². The van der Waals surface area contributed by atoms with Gasteiger partial charge in [-0.15, -0.1) is 11.7 Å². The molecule has 1 aromatic carbocycles. The van der Waals surface area contributed by atoms with Crippen molar-refractivity contribution in [2.24, 2.45) is 11.8 Å². The molecule has 1 N–H and O–H groups in total. The van der Waals surface area contributed by atoms with E-state index in [1.807, 2.05) is 31.2 Å². The van der Waals surface area contributed by atoms with Gasteiger partial charge in [-0.1, -0.05) is 36.1 Å². The zero-order valence-electron chi connectivity index (χ0n) is 22.9. The van der Waals surface area contributed by atoms with E-state index in [0.717, 1.165) is 5.52 Å². The maximum atomic E-state index is 14.5. The Bertz CT molecular complexity index is 1310. The maximum absolute atomic E-state index is 14.5. The summed E-state index contributed by atoms with van der Waals surface area (Å²) >= 11 is 0. The number of rotatable bonds is 13. The molecule has 3 aliphatic heterocycles. The molecule has 2 aromatic rings. The molecule has 2 bridgehead atoms. The van der Waals surface area contributed by atoms with Crippen molar-refractivity contribution in [2.45, 2.75) is 62.9 Å². The molecule has 11 nitrogen and oxygen atoms in total. The van der Waals surface area contributed by atoms with Gasteiger partial charge < -0.3 is 24.4 Å². The fourth-order valence-electron chi connectivity index (χ4n) is 6.83. The Kier molecular flexibility index (Phi) is 7.78. The van der Waals surface area contributed by atoms with Gasteiger partial charge in [0.1, 0.15) is 36.4 Å². The fraction of sp³-hybridized carbons (Fsp3) is 0.552. The van der Waals surface area contributed by atoms with Gasteiger partial charge in [0.25, 0.3) is 0 Å². The normalized spacial score (nSPS) is 28.6. The number of aromatic nitrogens is 3. The van der Waals surface area contributed by atoms with E-state index in [9.17, 15) is 19.5 Å². The Morgan fingerprint density at radius 2 is 2.02 bits per heavy atom. The summed E-state index contributed by atoms with van der Waals surface area (Å²) < 4.78 is 13.7. The van der Waals surface area contributed by atoms with Gasteiger partial charge in [-0.05, 0) is 51.2 Å². The van der Waals surface area contributed by atoms with Crippen LogP contribution in [0.25, 0.3) is 11.0 Å². The van der Waals surface area contributed by atoms with E-state index in [4.69, 9.17) is 9.47 Å². The summed E-state index contributed by atoms with van der Waals surface area (Å²) in [7, 11) is 0. The Morgan fingerprint density at radius 3 is 2.77 bits per heavy atom. The molecule has 0 radical (unpaired) electrons. The van der Waals surface area contributed by atoms with Gasteiger partial charge in [0.2, 0.25) is 11.8 Å². The zero-order valence-corrected chi connectivity index (χ0v) is 22.9. The van der Waals surface area contributed by atoms with Crippen LogP contribution in [0.3, 0.4) is 0 Å². The first-order valence-electron chi connectivity index (χ1n) is 13.9. The first kappa shape index (κ1) is 28.0. The number of amides is 2. The number of carbonyl (C=O) groups is 3. The van der Waals surface area contributed by atoms with Crippen molar-refractivity contribution in [1.82, 2.24) is 24.8 Å². The highest BCUT2D eigenvalue weighted by Crippen LogP contribution is 2.63. The van der Waals surface area contributed by atoms with E-state index >= 15 is 0 Å². The van der Waals surface area contributed by atoms with Crippen LogP contribution in [-0.2, 0) is 30.5 Å².